The Morgan fingerprint density at radius 1 is 1.23 bits per heavy atom. The molecule has 2 N–H and O–H groups in total. The van der Waals surface area contributed by atoms with Crippen molar-refractivity contribution in [1.29, 1.82) is 0 Å². The van der Waals surface area contributed by atoms with Crippen LogP contribution in [0.5, 0.6) is 0 Å². The molecular weight excluding hydrogens is 304 g/mol. The molecular formula is C14H25ClN6O. The summed E-state index contributed by atoms with van der Waals surface area (Å²) in [6.07, 6.45) is 4.54. The van der Waals surface area contributed by atoms with E-state index >= 15 is 0 Å². The van der Waals surface area contributed by atoms with E-state index in [1.807, 2.05) is 6.07 Å². The molecule has 2 rings (SSSR count). The van der Waals surface area contributed by atoms with E-state index in [1.165, 1.54) is 0 Å². The van der Waals surface area contributed by atoms with Gasteiger partial charge in [0, 0.05) is 45.1 Å². The van der Waals surface area contributed by atoms with E-state index < -0.39 is 0 Å². The van der Waals surface area contributed by atoms with Gasteiger partial charge in [0.25, 0.3) is 0 Å². The summed E-state index contributed by atoms with van der Waals surface area (Å²) in [4.78, 5) is 24.5. The highest BCUT2D eigenvalue weighted by Gasteiger charge is 2.18. The van der Waals surface area contributed by atoms with Crippen molar-refractivity contribution in [2.24, 2.45) is 0 Å². The Labute approximate surface area is 137 Å². The minimum atomic E-state index is 0. The Bertz CT molecular complexity index is 425. The molecule has 0 aliphatic carbocycles. The van der Waals surface area contributed by atoms with Crippen LogP contribution in [0.1, 0.15) is 6.42 Å². The molecule has 22 heavy (non-hydrogen) atoms. The molecule has 1 amide bonds. The van der Waals surface area contributed by atoms with Gasteiger partial charge in [-0.15, -0.1) is 12.4 Å². The van der Waals surface area contributed by atoms with Crippen molar-refractivity contribution in [3.05, 3.63) is 18.5 Å². The summed E-state index contributed by atoms with van der Waals surface area (Å²) >= 11 is 0. The molecule has 1 aliphatic heterocycles. The van der Waals surface area contributed by atoms with E-state index in [-0.39, 0.29) is 18.3 Å². The Balaban J connectivity index is 0.00000242. The van der Waals surface area contributed by atoms with E-state index in [0.29, 0.717) is 6.54 Å². The van der Waals surface area contributed by atoms with Crippen LogP contribution in [0.15, 0.2) is 18.5 Å². The Morgan fingerprint density at radius 2 is 1.91 bits per heavy atom. The number of piperazine rings is 1. The molecule has 1 fully saturated rings. The smallest absolute Gasteiger partial charge is 0.233 e. The third kappa shape index (κ3) is 6.13. The maximum atomic E-state index is 11.3. The number of carbonyl (C=O) groups is 1. The van der Waals surface area contributed by atoms with Crippen LogP contribution in [0.25, 0.3) is 0 Å². The van der Waals surface area contributed by atoms with Crippen LogP contribution in [-0.4, -0.2) is 73.6 Å². The third-order valence-corrected chi connectivity index (χ3v) is 3.52. The summed E-state index contributed by atoms with van der Waals surface area (Å²) in [7, 11) is 1.77. The van der Waals surface area contributed by atoms with E-state index in [2.05, 4.69) is 30.4 Å². The van der Waals surface area contributed by atoms with Crippen LogP contribution in [-0.2, 0) is 4.79 Å². The van der Waals surface area contributed by atoms with Gasteiger partial charge in [-0.05, 0) is 26.1 Å². The molecule has 0 spiro atoms. The monoisotopic (exact) mass is 328 g/mol. The summed E-state index contributed by atoms with van der Waals surface area (Å²) in [5.74, 6) is 0.875. The van der Waals surface area contributed by atoms with Crippen molar-refractivity contribution in [3.63, 3.8) is 0 Å². The molecule has 1 saturated heterocycles. The van der Waals surface area contributed by atoms with Crippen molar-refractivity contribution in [2.75, 3.05) is 57.8 Å². The highest BCUT2D eigenvalue weighted by Crippen LogP contribution is 2.09. The highest BCUT2D eigenvalue weighted by molar-refractivity contribution is 5.85. The lowest BCUT2D eigenvalue weighted by Crippen LogP contribution is -2.47. The predicted octanol–water partition coefficient (Wildman–Crippen LogP) is -0.254. The van der Waals surface area contributed by atoms with Crippen molar-refractivity contribution in [1.82, 2.24) is 25.5 Å². The van der Waals surface area contributed by atoms with Gasteiger partial charge >= 0.3 is 0 Å². The quantitative estimate of drug-likeness (QED) is 0.672. The van der Waals surface area contributed by atoms with Gasteiger partial charge in [-0.3, -0.25) is 9.69 Å². The first-order valence-corrected chi connectivity index (χ1v) is 7.45. The number of hydrogen-bond donors (Lipinski definition) is 2. The van der Waals surface area contributed by atoms with Gasteiger partial charge in [0.1, 0.15) is 0 Å². The molecule has 7 nitrogen and oxygen atoms in total. The summed E-state index contributed by atoms with van der Waals surface area (Å²) < 4.78 is 0. The van der Waals surface area contributed by atoms with Crippen LogP contribution in [0.2, 0.25) is 0 Å². The lowest BCUT2D eigenvalue weighted by molar-refractivity contribution is -0.120. The SMILES string of the molecule is CNCC(=O)NCCCN1CCN(c2ncccn2)CC1.Cl. The number of likely N-dealkylation sites (N-methyl/N-ethyl adjacent to an activating group) is 1. The second-order valence-corrected chi connectivity index (χ2v) is 5.11. The van der Waals surface area contributed by atoms with Crippen molar-refractivity contribution < 1.29 is 4.79 Å². The van der Waals surface area contributed by atoms with Crippen molar-refractivity contribution >= 4 is 24.3 Å². The zero-order valence-electron chi connectivity index (χ0n) is 13.0. The fourth-order valence-electron chi connectivity index (χ4n) is 2.38. The zero-order valence-corrected chi connectivity index (χ0v) is 13.8. The van der Waals surface area contributed by atoms with E-state index in [9.17, 15) is 4.79 Å². The fraction of sp³-hybridized carbons (Fsp3) is 0.643. The molecule has 0 atom stereocenters. The Hall–Kier alpha value is -1.44. The Morgan fingerprint density at radius 3 is 2.55 bits per heavy atom. The molecule has 1 aromatic heterocycles. The Kier molecular flexibility index (Phi) is 8.72. The van der Waals surface area contributed by atoms with Crippen LogP contribution < -0.4 is 15.5 Å². The number of halogens is 1. The number of amides is 1. The van der Waals surface area contributed by atoms with Gasteiger partial charge in [0.05, 0.1) is 6.54 Å². The lowest BCUT2D eigenvalue weighted by Gasteiger charge is -2.34. The second-order valence-electron chi connectivity index (χ2n) is 5.11. The van der Waals surface area contributed by atoms with Gasteiger partial charge in [-0.1, -0.05) is 0 Å². The number of nitrogens with zero attached hydrogens (tertiary/aromatic N) is 4. The van der Waals surface area contributed by atoms with Gasteiger partial charge < -0.3 is 15.5 Å². The maximum absolute atomic E-state index is 11.3. The van der Waals surface area contributed by atoms with Crippen LogP contribution in [0, 0.1) is 0 Å². The molecule has 1 aliphatic rings. The fourth-order valence-corrected chi connectivity index (χ4v) is 2.38. The maximum Gasteiger partial charge on any atom is 0.233 e. The number of carbonyl (C=O) groups excluding carboxylic acids is 1. The van der Waals surface area contributed by atoms with Crippen molar-refractivity contribution in [2.45, 2.75) is 6.42 Å². The summed E-state index contributed by atoms with van der Waals surface area (Å²) in [6, 6.07) is 1.84. The lowest BCUT2D eigenvalue weighted by atomic mass is 10.3. The van der Waals surface area contributed by atoms with E-state index in [1.54, 1.807) is 19.4 Å². The zero-order chi connectivity index (χ0) is 14.9. The standard InChI is InChI=1S/C14H24N6O.ClH/c1-15-12-13(21)16-6-3-7-19-8-10-20(11-9-19)14-17-4-2-5-18-14;/h2,4-5,15H,3,6-12H2,1H3,(H,16,21);1H. The predicted molar refractivity (Wildman–Crippen MR) is 89.5 cm³/mol. The molecule has 0 unspecified atom stereocenters. The molecule has 0 saturated carbocycles. The number of nitrogens with one attached hydrogen (secondary N) is 2. The second kappa shape index (κ2) is 10.3. The van der Waals surface area contributed by atoms with Gasteiger partial charge in [0.2, 0.25) is 11.9 Å². The molecule has 2 heterocycles. The molecule has 0 aromatic carbocycles. The number of aromatic nitrogens is 2. The first-order chi connectivity index (χ1) is 10.3. The normalized spacial score (nSPS) is 15.2. The molecule has 8 heteroatoms. The number of hydrogen-bond acceptors (Lipinski definition) is 6. The van der Waals surface area contributed by atoms with Crippen molar-refractivity contribution in [3.8, 4) is 0 Å². The summed E-state index contributed by atoms with van der Waals surface area (Å²) in [6.45, 7) is 6.08. The molecule has 124 valence electrons. The van der Waals surface area contributed by atoms with Crippen LogP contribution in [0.4, 0.5) is 5.95 Å². The minimum absolute atomic E-state index is 0. The minimum Gasteiger partial charge on any atom is -0.355 e. The van der Waals surface area contributed by atoms with E-state index in [4.69, 9.17) is 0 Å². The van der Waals surface area contributed by atoms with E-state index in [0.717, 1.165) is 51.6 Å². The van der Waals surface area contributed by atoms with Crippen LogP contribution in [0.3, 0.4) is 0 Å². The van der Waals surface area contributed by atoms with Crippen LogP contribution >= 0.6 is 12.4 Å². The van der Waals surface area contributed by atoms with Gasteiger partial charge in [0.15, 0.2) is 0 Å². The summed E-state index contributed by atoms with van der Waals surface area (Å²) in [5.41, 5.74) is 0. The topological polar surface area (TPSA) is 73.4 Å². The highest BCUT2D eigenvalue weighted by atomic mass is 35.5. The van der Waals surface area contributed by atoms with Gasteiger partial charge in [-0.25, -0.2) is 9.97 Å². The molecule has 0 radical (unpaired) electrons. The number of rotatable bonds is 7. The first-order valence-electron chi connectivity index (χ1n) is 7.45. The third-order valence-electron chi connectivity index (χ3n) is 3.52. The summed E-state index contributed by atoms with van der Waals surface area (Å²) in [5, 5.41) is 5.74. The molecule has 0 bridgehead atoms. The largest absolute Gasteiger partial charge is 0.355 e. The first kappa shape index (κ1) is 18.6. The van der Waals surface area contributed by atoms with Gasteiger partial charge in [-0.2, -0.15) is 0 Å². The molecule has 1 aromatic rings. The number of anilines is 1. The average Bonchev–Trinajstić information content (AvgIpc) is 2.53. The average molecular weight is 329 g/mol.